The molecule has 0 aliphatic carbocycles. The third-order valence-electron chi connectivity index (χ3n) is 4.02. The highest BCUT2D eigenvalue weighted by Gasteiger charge is 2.15. The monoisotopic (exact) mass is 289 g/mol. The fourth-order valence-electron chi connectivity index (χ4n) is 2.66. The molecule has 21 heavy (non-hydrogen) atoms. The molecule has 2 rings (SSSR count). The van der Waals surface area contributed by atoms with E-state index >= 15 is 0 Å². The van der Waals surface area contributed by atoms with Crippen LogP contribution >= 0.6 is 0 Å². The first-order chi connectivity index (χ1) is 10.3. The van der Waals surface area contributed by atoms with E-state index < -0.39 is 0 Å². The summed E-state index contributed by atoms with van der Waals surface area (Å²) in [6.07, 6.45) is 3.19. The molecule has 1 aromatic rings. The van der Waals surface area contributed by atoms with Crippen LogP contribution in [0.1, 0.15) is 18.4 Å². The lowest BCUT2D eigenvalue weighted by Gasteiger charge is -2.23. The summed E-state index contributed by atoms with van der Waals surface area (Å²) in [7, 11) is 1.92. The summed E-state index contributed by atoms with van der Waals surface area (Å²) in [5.74, 6) is 0.241. The van der Waals surface area contributed by atoms with Crippen molar-refractivity contribution in [3.8, 4) is 0 Å². The van der Waals surface area contributed by atoms with Gasteiger partial charge in [-0.25, -0.2) is 0 Å². The Hall–Kier alpha value is -1.39. The van der Waals surface area contributed by atoms with Gasteiger partial charge in [-0.1, -0.05) is 30.3 Å². The van der Waals surface area contributed by atoms with Crippen LogP contribution in [0.5, 0.6) is 0 Å². The van der Waals surface area contributed by atoms with E-state index in [9.17, 15) is 4.79 Å². The van der Waals surface area contributed by atoms with Crippen molar-refractivity contribution in [1.29, 1.82) is 0 Å². The lowest BCUT2D eigenvalue weighted by Crippen LogP contribution is -2.40. The number of rotatable bonds is 6. The standard InChI is InChI=1S/C17H27N3O/c1-19(12-5-9-16-7-3-2-4-8-16)17(21)15-20-13-6-10-18-11-14-20/h2-4,7-8,18H,5-6,9-15H2,1H3. The van der Waals surface area contributed by atoms with Gasteiger partial charge in [0.15, 0.2) is 0 Å². The summed E-state index contributed by atoms with van der Waals surface area (Å²) in [5.41, 5.74) is 1.34. The van der Waals surface area contributed by atoms with Gasteiger partial charge < -0.3 is 10.2 Å². The molecular weight excluding hydrogens is 262 g/mol. The number of carbonyl (C=O) groups is 1. The summed E-state index contributed by atoms with van der Waals surface area (Å²) >= 11 is 0. The van der Waals surface area contributed by atoms with E-state index in [1.807, 2.05) is 18.0 Å². The predicted octanol–water partition coefficient (Wildman–Crippen LogP) is 1.37. The fraction of sp³-hybridized carbons (Fsp3) is 0.588. The molecule has 0 saturated carbocycles. The molecule has 1 N–H and O–H groups in total. The van der Waals surface area contributed by atoms with Crippen molar-refractivity contribution in [3.63, 3.8) is 0 Å². The third kappa shape index (κ3) is 5.86. The van der Waals surface area contributed by atoms with E-state index in [4.69, 9.17) is 0 Å². The topological polar surface area (TPSA) is 35.6 Å². The number of aryl methyl sites for hydroxylation is 1. The van der Waals surface area contributed by atoms with Crippen LogP contribution in [0.25, 0.3) is 0 Å². The number of nitrogens with zero attached hydrogens (tertiary/aromatic N) is 2. The van der Waals surface area contributed by atoms with Gasteiger partial charge in [-0.05, 0) is 37.9 Å². The normalized spacial score (nSPS) is 16.4. The van der Waals surface area contributed by atoms with Crippen molar-refractivity contribution in [3.05, 3.63) is 35.9 Å². The van der Waals surface area contributed by atoms with Crippen molar-refractivity contribution in [1.82, 2.24) is 15.1 Å². The molecular formula is C17H27N3O. The average Bonchev–Trinajstić information content (AvgIpc) is 2.77. The first-order valence-electron chi connectivity index (χ1n) is 7.96. The Morgan fingerprint density at radius 2 is 2.05 bits per heavy atom. The molecule has 0 atom stereocenters. The van der Waals surface area contributed by atoms with E-state index in [0.29, 0.717) is 6.54 Å². The van der Waals surface area contributed by atoms with Crippen LogP contribution < -0.4 is 5.32 Å². The van der Waals surface area contributed by atoms with Gasteiger partial charge >= 0.3 is 0 Å². The Kier molecular flexibility index (Phi) is 6.70. The van der Waals surface area contributed by atoms with Gasteiger partial charge in [0.1, 0.15) is 0 Å². The van der Waals surface area contributed by atoms with Crippen LogP contribution in [0.4, 0.5) is 0 Å². The van der Waals surface area contributed by atoms with Gasteiger partial charge in [0.25, 0.3) is 0 Å². The van der Waals surface area contributed by atoms with E-state index in [0.717, 1.165) is 52.0 Å². The van der Waals surface area contributed by atoms with E-state index in [-0.39, 0.29) is 5.91 Å². The summed E-state index contributed by atoms with van der Waals surface area (Å²) < 4.78 is 0. The minimum absolute atomic E-state index is 0.241. The van der Waals surface area contributed by atoms with E-state index in [2.05, 4.69) is 34.5 Å². The van der Waals surface area contributed by atoms with Gasteiger partial charge in [0.05, 0.1) is 6.54 Å². The highest BCUT2D eigenvalue weighted by molar-refractivity contribution is 5.77. The van der Waals surface area contributed by atoms with Gasteiger partial charge in [0.2, 0.25) is 5.91 Å². The fourth-order valence-corrected chi connectivity index (χ4v) is 2.66. The number of hydrogen-bond acceptors (Lipinski definition) is 3. The molecule has 0 bridgehead atoms. The second-order valence-corrected chi connectivity index (χ2v) is 5.78. The molecule has 1 heterocycles. The predicted molar refractivity (Wildman–Crippen MR) is 86.3 cm³/mol. The molecule has 1 aliphatic rings. The van der Waals surface area contributed by atoms with Crippen LogP contribution in [0.15, 0.2) is 30.3 Å². The number of hydrogen-bond donors (Lipinski definition) is 1. The van der Waals surface area contributed by atoms with Crippen molar-refractivity contribution in [2.75, 3.05) is 46.3 Å². The number of nitrogens with one attached hydrogen (secondary N) is 1. The Morgan fingerprint density at radius 1 is 1.24 bits per heavy atom. The molecule has 0 unspecified atom stereocenters. The molecule has 116 valence electrons. The molecule has 1 aliphatic heterocycles. The van der Waals surface area contributed by atoms with Crippen molar-refractivity contribution in [2.24, 2.45) is 0 Å². The molecule has 1 amide bonds. The number of amides is 1. The van der Waals surface area contributed by atoms with E-state index in [1.54, 1.807) is 0 Å². The smallest absolute Gasteiger partial charge is 0.236 e. The summed E-state index contributed by atoms with van der Waals surface area (Å²) in [5, 5.41) is 3.37. The lowest BCUT2D eigenvalue weighted by atomic mass is 10.1. The van der Waals surface area contributed by atoms with Crippen molar-refractivity contribution in [2.45, 2.75) is 19.3 Å². The molecule has 1 aromatic carbocycles. The van der Waals surface area contributed by atoms with E-state index in [1.165, 1.54) is 5.56 Å². The quantitative estimate of drug-likeness (QED) is 0.859. The zero-order chi connectivity index (χ0) is 14.9. The minimum Gasteiger partial charge on any atom is -0.345 e. The van der Waals surface area contributed by atoms with Gasteiger partial charge in [-0.2, -0.15) is 0 Å². The van der Waals surface area contributed by atoms with Crippen LogP contribution in [0.2, 0.25) is 0 Å². The lowest BCUT2D eigenvalue weighted by molar-refractivity contribution is -0.131. The van der Waals surface area contributed by atoms with Crippen molar-refractivity contribution < 1.29 is 4.79 Å². The Balaban J connectivity index is 1.67. The second-order valence-electron chi connectivity index (χ2n) is 5.78. The number of benzene rings is 1. The maximum atomic E-state index is 12.2. The Bertz CT molecular complexity index is 413. The Labute approximate surface area is 128 Å². The largest absolute Gasteiger partial charge is 0.345 e. The number of carbonyl (C=O) groups excluding carboxylic acids is 1. The summed E-state index contributed by atoms with van der Waals surface area (Å²) in [6, 6.07) is 10.5. The van der Waals surface area contributed by atoms with Crippen LogP contribution in [-0.4, -0.2) is 62.0 Å². The zero-order valence-corrected chi connectivity index (χ0v) is 13.1. The SMILES string of the molecule is CN(CCCc1ccccc1)C(=O)CN1CCCNCC1. The summed E-state index contributed by atoms with van der Waals surface area (Å²) in [6.45, 7) is 5.45. The molecule has 0 spiro atoms. The van der Waals surface area contributed by atoms with Gasteiger partial charge in [-0.3, -0.25) is 9.69 Å². The third-order valence-corrected chi connectivity index (χ3v) is 4.02. The van der Waals surface area contributed by atoms with Crippen LogP contribution in [0.3, 0.4) is 0 Å². The highest BCUT2D eigenvalue weighted by Crippen LogP contribution is 2.04. The van der Waals surface area contributed by atoms with Crippen LogP contribution in [0, 0.1) is 0 Å². The molecule has 1 saturated heterocycles. The molecule has 1 fully saturated rings. The number of likely N-dealkylation sites (N-methyl/N-ethyl adjacent to an activating group) is 1. The average molecular weight is 289 g/mol. The molecule has 0 radical (unpaired) electrons. The highest BCUT2D eigenvalue weighted by atomic mass is 16.2. The molecule has 4 heteroatoms. The maximum absolute atomic E-state index is 12.2. The maximum Gasteiger partial charge on any atom is 0.236 e. The van der Waals surface area contributed by atoms with Gasteiger partial charge in [-0.15, -0.1) is 0 Å². The van der Waals surface area contributed by atoms with Gasteiger partial charge in [0, 0.05) is 26.7 Å². The second kappa shape index (κ2) is 8.80. The first kappa shape index (κ1) is 16.0. The first-order valence-corrected chi connectivity index (χ1v) is 7.96. The minimum atomic E-state index is 0.241. The van der Waals surface area contributed by atoms with Crippen LogP contribution in [-0.2, 0) is 11.2 Å². The van der Waals surface area contributed by atoms with Crippen molar-refractivity contribution >= 4 is 5.91 Å². The molecule has 4 nitrogen and oxygen atoms in total. The summed E-state index contributed by atoms with van der Waals surface area (Å²) in [4.78, 5) is 16.4. The Morgan fingerprint density at radius 3 is 2.86 bits per heavy atom. The molecule has 0 aromatic heterocycles. The zero-order valence-electron chi connectivity index (χ0n) is 13.1.